The molecule has 2 aromatic rings. The summed E-state index contributed by atoms with van der Waals surface area (Å²) in [4.78, 5) is 8.57. The first-order valence-electron chi connectivity index (χ1n) is 5.83. The largest absolute Gasteiger partial charge is 0.344 e. The average Bonchev–Trinajstić information content (AvgIpc) is 2.39. The molecule has 0 bridgehead atoms. The van der Waals surface area contributed by atoms with Gasteiger partial charge >= 0.3 is 0 Å². The van der Waals surface area contributed by atoms with E-state index in [0.717, 1.165) is 11.3 Å². The van der Waals surface area contributed by atoms with Crippen molar-refractivity contribution in [3.05, 3.63) is 53.9 Å². The first-order valence-corrected chi connectivity index (χ1v) is 6.37. The molecule has 0 aliphatic heterocycles. The maximum Gasteiger partial charge on any atom is 0.223 e. The number of alkyl halides is 1. The number of rotatable bonds is 4. The lowest BCUT2D eigenvalue weighted by Crippen LogP contribution is -2.34. The zero-order valence-corrected chi connectivity index (χ0v) is 11.3. The van der Waals surface area contributed by atoms with Gasteiger partial charge in [-0.25, -0.2) is 9.97 Å². The Labute approximate surface area is 112 Å². The summed E-state index contributed by atoms with van der Waals surface area (Å²) in [6, 6.07) is 11.9. The van der Waals surface area contributed by atoms with E-state index in [-0.39, 0.29) is 5.54 Å². The molecule has 2 rings (SSSR count). The van der Waals surface area contributed by atoms with Crippen LogP contribution in [0.3, 0.4) is 0 Å². The van der Waals surface area contributed by atoms with Crippen molar-refractivity contribution in [1.29, 1.82) is 0 Å². The lowest BCUT2D eigenvalue weighted by molar-refractivity contribution is 0.609. The highest BCUT2D eigenvalue weighted by Gasteiger charge is 2.26. The van der Waals surface area contributed by atoms with Crippen LogP contribution in [0.25, 0.3) is 0 Å². The van der Waals surface area contributed by atoms with Crippen LogP contribution in [-0.2, 0) is 5.54 Å². The summed E-state index contributed by atoms with van der Waals surface area (Å²) in [7, 11) is 0. The average molecular weight is 262 g/mol. The van der Waals surface area contributed by atoms with Gasteiger partial charge < -0.3 is 5.32 Å². The first-order chi connectivity index (χ1) is 8.64. The molecule has 0 aliphatic carbocycles. The van der Waals surface area contributed by atoms with Crippen LogP contribution >= 0.6 is 11.6 Å². The second-order valence-electron chi connectivity index (χ2n) is 4.48. The predicted octanol–water partition coefficient (Wildman–Crippen LogP) is 3.35. The highest BCUT2D eigenvalue weighted by Crippen LogP contribution is 2.25. The van der Waals surface area contributed by atoms with Gasteiger partial charge in [-0.05, 0) is 25.5 Å². The summed E-state index contributed by atoms with van der Waals surface area (Å²) in [5.74, 6) is 1.04. The van der Waals surface area contributed by atoms with Crippen LogP contribution in [0.1, 0.15) is 18.2 Å². The molecule has 0 saturated heterocycles. The van der Waals surface area contributed by atoms with Crippen LogP contribution in [0.2, 0.25) is 0 Å². The van der Waals surface area contributed by atoms with Gasteiger partial charge in [0.1, 0.15) is 0 Å². The fraction of sp³-hybridized carbons (Fsp3) is 0.286. The third kappa shape index (κ3) is 2.79. The Morgan fingerprint density at radius 3 is 2.56 bits per heavy atom. The number of hydrogen-bond donors (Lipinski definition) is 1. The summed E-state index contributed by atoms with van der Waals surface area (Å²) in [6.45, 7) is 3.98. The van der Waals surface area contributed by atoms with E-state index in [1.54, 1.807) is 6.20 Å². The molecular formula is C14H16ClN3. The molecular weight excluding hydrogens is 246 g/mol. The molecule has 0 spiro atoms. The molecule has 1 N–H and O–H groups in total. The Hall–Kier alpha value is -1.61. The van der Waals surface area contributed by atoms with Crippen molar-refractivity contribution in [3.8, 4) is 0 Å². The summed E-state index contributed by atoms with van der Waals surface area (Å²) in [5, 5.41) is 3.31. The van der Waals surface area contributed by atoms with Crippen LogP contribution in [0.4, 0.5) is 5.95 Å². The summed E-state index contributed by atoms with van der Waals surface area (Å²) < 4.78 is 0. The number of halogens is 1. The zero-order chi connectivity index (χ0) is 13.0. The number of nitrogens with one attached hydrogen (secondary N) is 1. The van der Waals surface area contributed by atoms with E-state index < -0.39 is 0 Å². The van der Waals surface area contributed by atoms with Crippen molar-refractivity contribution in [2.45, 2.75) is 19.4 Å². The van der Waals surface area contributed by atoms with Crippen molar-refractivity contribution in [1.82, 2.24) is 9.97 Å². The minimum absolute atomic E-state index is 0.378. The number of nitrogens with zero attached hydrogens (tertiary/aromatic N) is 2. The van der Waals surface area contributed by atoms with Gasteiger partial charge in [0, 0.05) is 17.8 Å². The predicted molar refractivity (Wildman–Crippen MR) is 74.9 cm³/mol. The van der Waals surface area contributed by atoms with Gasteiger partial charge in [0.25, 0.3) is 0 Å². The lowest BCUT2D eigenvalue weighted by atomic mass is 9.94. The van der Waals surface area contributed by atoms with E-state index in [9.17, 15) is 0 Å². The fourth-order valence-corrected chi connectivity index (χ4v) is 1.97. The van der Waals surface area contributed by atoms with Crippen LogP contribution < -0.4 is 5.32 Å². The van der Waals surface area contributed by atoms with Crippen molar-refractivity contribution in [3.63, 3.8) is 0 Å². The molecule has 0 fully saturated rings. The molecule has 1 atom stereocenters. The van der Waals surface area contributed by atoms with E-state index in [1.165, 1.54) is 0 Å². The van der Waals surface area contributed by atoms with Gasteiger partial charge in [0.05, 0.1) is 5.54 Å². The SMILES string of the molecule is Cc1ccnc(NC(C)(CCl)c2ccccc2)n1. The summed E-state index contributed by atoms with van der Waals surface area (Å²) in [5.41, 5.74) is 1.67. The third-order valence-corrected chi connectivity index (χ3v) is 3.40. The van der Waals surface area contributed by atoms with E-state index in [4.69, 9.17) is 11.6 Å². The molecule has 1 unspecified atom stereocenters. The molecule has 0 radical (unpaired) electrons. The minimum Gasteiger partial charge on any atom is -0.344 e. The van der Waals surface area contributed by atoms with E-state index in [0.29, 0.717) is 11.8 Å². The quantitative estimate of drug-likeness (QED) is 0.858. The molecule has 18 heavy (non-hydrogen) atoms. The van der Waals surface area contributed by atoms with Crippen LogP contribution in [0.5, 0.6) is 0 Å². The third-order valence-electron chi connectivity index (χ3n) is 2.86. The Kier molecular flexibility index (Phi) is 3.82. The lowest BCUT2D eigenvalue weighted by Gasteiger charge is -2.29. The molecule has 3 nitrogen and oxygen atoms in total. The normalized spacial score (nSPS) is 13.9. The van der Waals surface area contributed by atoms with E-state index in [2.05, 4.69) is 15.3 Å². The van der Waals surface area contributed by atoms with Crippen molar-refractivity contribution >= 4 is 17.5 Å². The summed E-state index contributed by atoms with van der Waals surface area (Å²) >= 11 is 6.11. The van der Waals surface area contributed by atoms with Gasteiger partial charge in [-0.1, -0.05) is 30.3 Å². The fourth-order valence-electron chi connectivity index (χ4n) is 1.74. The van der Waals surface area contributed by atoms with E-state index in [1.807, 2.05) is 50.2 Å². The number of hydrogen-bond acceptors (Lipinski definition) is 3. The molecule has 0 aliphatic rings. The first kappa shape index (κ1) is 12.8. The summed E-state index contributed by atoms with van der Waals surface area (Å²) in [6.07, 6.45) is 1.74. The topological polar surface area (TPSA) is 37.8 Å². The highest BCUT2D eigenvalue weighted by molar-refractivity contribution is 6.18. The van der Waals surface area contributed by atoms with Crippen LogP contribution in [-0.4, -0.2) is 15.8 Å². The molecule has 0 amide bonds. The van der Waals surface area contributed by atoms with Crippen molar-refractivity contribution in [2.75, 3.05) is 11.2 Å². The van der Waals surface area contributed by atoms with Crippen LogP contribution in [0, 0.1) is 6.92 Å². The van der Waals surface area contributed by atoms with Crippen molar-refractivity contribution in [2.24, 2.45) is 0 Å². The maximum absolute atomic E-state index is 6.11. The highest BCUT2D eigenvalue weighted by atomic mass is 35.5. The molecule has 4 heteroatoms. The number of aromatic nitrogens is 2. The smallest absolute Gasteiger partial charge is 0.223 e. The second-order valence-corrected chi connectivity index (χ2v) is 4.75. The van der Waals surface area contributed by atoms with Crippen LogP contribution in [0.15, 0.2) is 42.6 Å². The molecule has 94 valence electrons. The Bertz CT molecular complexity index is 515. The van der Waals surface area contributed by atoms with Gasteiger partial charge in [-0.2, -0.15) is 0 Å². The Morgan fingerprint density at radius 1 is 1.22 bits per heavy atom. The zero-order valence-electron chi connectivity index (χ0n) is 10.5. The maximum atomic E-state index is 6.11. The molecule has 1 aromatic heterocycles. The van der Waals surface area contributed by atoms with Gasteiger partial charge in [-0.3, -0.25) is 0 Å². The molecule has 1 aromatic carbocycles. The molecule has 1 heterocycles. The van der Waals surface area contributed by atoms with Crippen molar-refractivity contribution < 1.29 is 0 Å². The second kappa shape index (κ2) is 5.36. The number of benzene rings is 1. The van der Waals surface area contributed by atoms with Gasteiger partial charge in [0.2, 0.25) is 5.95 Å². The Balaban J connectivity index is 2.29. The number of anilines is 1. The van der Waals surface area contributed by atoms with E-state index >= 15 is 0 Å². The molecule has 0 saturated carbocycles. The van der Waals surface area contributed by atoms with Gasteiger partial charge in [-0.15, -0.1) is 11.6 Å². The number of aryl methyl sites for hydroxylation is 1. The standard InChI is InChI=1S/C14H16ClN3/c1-11-8-9-16-13(17-11)18-14(2,10-15)12-6-4-3-5-7-12/h3-9H,10H2,1-2H3,(H,16,17,18). The minimum atomic E-state index is -0.378. The Morgan fingerprint density at radius 2 is 1.94 bits per heavy atom. The van der Waals surface area contributed by atoms with Gasteiger partial charge in [0.15, 0.2) is 0 Å². The monoisotopic (exact) mass is 261 g/mol.